The van der Waals surface area contributed by atoms with E-state index in [2.05, 4.69) is 9.88 Å². The van der Waals surface area contributed by atoms with Gasteiger partial charge in [0, 0.05) is 12.6 Å². The summed E-state index contributed by atoms with van der Waals surface area (Å²) in [5, 5.41) is 0.170. The van der Waals surface area contributed by atoms with Gasteiger partial charge < -0.3 is 4.90 Å². The van der Waals surface area contributed by atoms with Crippen molar-refractivity contribution < 1.29 is 0 Å². The highest BCUT2D eigenvalue weighted by atomic mass is 35.5. The topological polar surface area (TPSA) is 58.1 Å². The van der Waals surface area contributed by atoms with Gasteiger partial charge in [0.2, 0.25) is 0 Å². The smallest absolute Gasteiger partial charge is 0.302 e. The number of rotatable bonds is 3. The van der Waals surface area contributed by atoms with Crippen LogP contribution in [0.15, 0.2) is 9.59 Å². The lowest BCUT2D eigenvalue weighted by molar-refractivity contribution is 0.276. The predicted octanol–water partition coefficient (Wildman–Crippen LogP) is 0.847. The first-order chi connectivity index (χ1) is 8.54. The molecule has 18 heavy (non-hydrogen) atoms. The zero-order chi connectivity index (χ0) is 13.3. The molecule has 0 bridgehead atoms. The molecule has 1 aromatic heterocycles. The molecule has 6 heteroatoms. The summed E-state index contributed by atoms with van der Waals surface area (Å²) < 4.78 is 1.27. The van der Waals surface area contributed by atoms with E-state index in [1.165, 1.54) is 4.57 Å². The Morgan fingerprint density at radius 2 is 2.17 bits per heavy atom. The molecule has 1 unspecified atom stereocenters. The van der Waals surface area contributed by atoms with Crippen LogP contribution in [0.5, 0.6) is 0 Å². The summed E-state index contributed by atoms with van der Waals surface area (Å²) in [7, 11) is 2.02. The van der Waals surface area contributed by atoms with Crippen molar-refractivity contribution in [1.82, 2.24) is 14.5 Å². The lowest BCUT2D eigenvalue weighted by Gasteiger charge is -2.20. The molecule has 1 aliphatic heterocycles. The number of likely N-dealkylation sites (tertiary alicyclic amines) is 1. The molecule has 1 saturated heterocycles. The Kier molecular flexibility index (Phi) is 3.92. The fraction of sp³-hybridized carbons (Fsp3) is 0.667. The molecular formula is C12H18ClN3O2. The first-order valence-electron chi connectivity index (χ1n) is 6.26. The molecule has 1 aromatic rings. The van der Waals surface area contributed by atoms with Crippen LogP contribution in [0.2, 0.25) is 5.15 Å². The average Bonchev–Trinajstić information content (AvgIpc) is 2.70. The number of H-pyrrole nitrogens is 1. The molecule has 1 aliphatic rings. The first kappa shape index (κ1) is 13.4. The van der Waals surface area contributed by atoms with Crippen LogP contribution in [0, 0.1) is 0 Å². The molecule has 2 rings (SSSR count). The van der Waals surface area contributed by atoms with Gasteiger partial charge in [-0.15, -0.1) is 0 Å². The SMILES string of the molecule is CCc1c(Cl)[nH]c(=O)n(CC2CCCN2C)c1=O. The van der Waals surface area contributed by atoms with E-state index >= 15 is 0 Å². The van der Waals surface area contributed by atoms with E-state index in [-0.39, 0.29) is 16.8 Å². The van der Waals surface area contributed by atoms with E-state index in [9.17, 15) is 9.59 Å². The molecule has 2 heterocycles. The van der Waals surface area contributed by atoms with Crippen molar-refractivity contribution in [3.63, 3.8) is 0 Å². The highest BCUT2D eigenvalue weighted by Gasteiger charge is 2.23. The Balaban J connectivity index is 2.39. The van der Waals surface area contributed by atoms with Crippen LogP contribution in [0.25, 0.3) is 0 Å². The quantitative estimate of drug-likeness (QED) is 0.829. The molecule has 1 atom stereocenters. The van der Waals surface area contributed by atoms with Gasteiger partial charge in [0.15, 0.2) is 0 Å². The second-order valence-electron chi connectivity index (χ2n) is 4.77. The summed E-state index contributed by atoms with van der Waals surface area (Å²) in [4.78, 5) is 28.7. The van der Waals surface area contributed by atoms with Crippen LogP contribution >= 0.6 is 11.6 Å². The van der Waals surface area contributed by atoms with E-state index in [0.717, 1.165) is 19.4 Å². The largest absolute Gasteiger partial charge is 0.329 e. The lowest BCUT2D eigenvalue weighted by atomic mass is 10.2. The number of hydrogen-bond acceptors (Lipinski definition) is 3. The van der Waals surface area contributed by atoms with E-state index in [1.54, 1.807) is 0 Å². The van der Waals surface area contributed by atoms with Crippen LogP contribution in [0.3, 0.4) is 0 Å². The van der Waals surface area contributed by atoms with Gasteiger partial charge in [-0.25, -0.2) is 4.79 Å². The van der Waals surface area contributed by atoms with E-state index < -0.39 is 5.69 Å². The summed E-state index contributed by atoms with van der Waals surface area (Å²) in [5.41, 5.74) is -0.189. The molecule has 1 fully saturated rings. The zero-order valence-corrected chi connectivity index (χ0v) is 11.5. The highest BCUT2D eigenvalue weighted by Crippen LogP contribution is 2.15. The van der Waals surface area contributed by atoms with Gasteiger partial charge in [-0.1, -0.05) is 18.5 Å². The van der Waals surface area contributed by atoms with Gasteiger partial charge in [0.05, 0.1) is 5.56 Å². The van der Waals surface area contributed by atoms with Crippen LogP contribution < -0.4 is 11.2 Å². The lowest BCUT2D eigenvalue weighted by Crippen LogP contribution is -2.42. The average molecular weight is 272 g/mol. The first-order valence-corrected chi connectivity index (χ1v) is 6.64. The molecule has 0 radical (unpaired) electrons. The molecule has 1 N–H and O–H groups in total. The van der Waals surface area contributed by atoms with Crippen molar-refractivity contribution >= 4 is 11.6 Å². The number of nitrogens with one attached hydrogen (secondary N) is 1. The zero-order valence-electron chi connectivity index (χ0n) is 10.7. The molecule has 100 valence electrons. The molecule has 0 amide bonds. The van der Waals surface area contributed by atoms with Gasteiger partial charge in [-0.3, -0.25) is 14.3 Å². The number of aromatic amines is 1. The van der Waals surface area contributed by atoms with Gasteiger partial charge in [-0.2, -0.15) is 0 Å². The van der Waals surface area contributed by atoms with Crippen molar-refractivity contribution in [3.8, 4) is 0 Å². The number of nitrogens with zero attached hydrogens (tertiary/aromatic N) is 2. The Bertz CT molecular complexity index is 549. The van der Waals surface area contributed by atoms with Crippen LogP contribution in [0.1, 0.15) is 25.3 Å². The number of aromatic nitrogens is 2. The van der Waals surface area contributed by atoms with Gasteiger partial charge in [-0.05, 0) is 32.9 Å². The van der Waals surface area contributed by atoms with Crippen molar-refractivity contribution in [2.24, 2.45) is 0 Å². The van der Waals surface area contributed by atoms with Crippen LogP contribution in [-0.4, -0.2) is 34.1 Å². The minimum Gasteiger partial charge on any atom is -0.302 e. The molecule has 0 saturated carbocycles. The van der Waals surface area contributed by atoms with Gasteiger partial charge >= 0.3 is 5.69 Å². The minimum absolute atomic E-state index is 0.170. The summed E-state index contributed by atoms with van der Waals surface area (Å²) in [6, 6.07) is 0.259. The van der Waals surface area contributed by atoms with Crippen molar-refractivity contribution in [3.05, 3.63) is 31.6 Å². The second-order valence-corrected chi connectivity index (χ2v) is 5.15. The number of halogens is 1. The number of likely N-dealkylation sites (N-methyl/N-ethyl adjacent to an activating group) is 1. The maximum absolute atomic E-state index is 12.2. The van der Waals surface area contributed by atoms with E-state index in [1.807, 2.05) is 14.0 Å². The third-order valence-corrected chi connectivity index (χ3v) is 3.97. The summed E-state index contributed by atoms with van der Waals surface area (Å²) >= 11 is 5.87. The van der Waals surface area contributed by atoms with Crippen LogP contribution in [-0.2, 0) is 13.0 Å². The maximum Gasteiger partial charge on any atom is 0.329 e. The molecule has 5 nitrogen and oxygen atoms in total. The van der Waals surface area contributed by atoms with Crippen molar-refractivity contribution in [2.45, 2.75) is 38.8 Å². The Hall–Kier alpha value is -1.07. The van der Waals surface area contributed by atoms with Gasteiger partial charge in [0.1, 0.15) is 5.15 Å². The minimum atomic E-state index is -0.414. The number of hydrogen-bond donors (Lipinski definition) is 1. The summed E-state index contributed by atoms with van der Waals surface area (Å²) in [6.45, 7) is 3.31. The predicted molar refractivity (Wildman–Crippen MR) is 71.4 cm³/mol. The molecule has 0 aliphatic carbocycles. The fourth-order valence-electron chi connectivity index (χ4n) is 2.48. The second kappa shape index (κ2) is 5.28. The Labute approximate surface area is 110 Å². The molecule has 0 spiro atoms. The summed E-state index contributed by atoms with van der Waals surface area (Å²) in [6.07, 6.45) is 2.66. The normalized spacial score (nSPS) is 20.5. The molecular weight excluding hydrogens is 254 g/mol. The van der Waals surface area contributed by atoms with Crippen molar-refractivity contribution in [1.29, 1.82) is 0 Å². The Morgan fingerprint density at radius 1 is 1.44 bits per heavy atom. The highest BCUT2D eigenvalue weighted by molar-refractivity contribution is 6.30. The van der Waals surface area contributed by atoms with E-state index in [4.69, 9.17) is 11.6 Å². The maximum atomic E-state index is 12.2. The van der Waals surface area contributed by atoms with Crippen LogP contribution in [0.4, 0.5) is 0 Å². The summed E-state index contributed by atoms with van der Waals surface area (Å²) in [5.74, 6) is 0. The van der Waals surface area contributed by atoms with E-state index in [0.29, 0.717) is 18.5 Å². The third-order valence-electron chi connectivity index (χ3n) is 3.65. The third kappa shape index (κ3) is 2.37. The monoisotopic (exact) mass is 271 g/mol. The van der Waals surface area contributed by atoms with Gasteiger partial charge in [0.25, 0.3) is 5.56 Å². The standard InChI is InChI=1S/C12H18ClN3O2/c1-3-9-10(13)14-12(18)16(11(9)17)7-8-5-4-6-15(8)2/h8H,3-7H2,1-2H3,(H,14,18). The molecule has 0 aromatic carbocycles. The fourth-order valence-corrected chi connectivity index (χ4v) is 2.77. The van der Waals surface area contributed by atoms with Crippen molar-refractivity contribution in [2.75, 3.05) is 13.6 Å². The Morgan fingerprint density at radius 3 is 2.72 bits per heavy atom.